The third kappa shape index (κ3) is 3.02. The van der Waals surface area contributed by atoms with E-state index < -0.39 is 0 Å². The van der Waals surface area contributed by atoms with Crippen LogP contribution in [0.2, 0.25) is 0 Å². The second-order valence-electron chi connectivity index (χ2n) is 2.76. The summed E-state index contributed by atoms with van der Waals surface area (Å²) >= 11 is 4.58. The first-order valence-electron chi connectivity index (χ1n) is 4.01. The van der Waals surface area contributed by atoms with E-state index in [1.807, 2.05) is 0 Å². The summed E-state index contributed by atoms with van der Waals surface area (Å²) in [5.41, 5.74) is 11.9. The maximum atomic E-state index is 11.4. The van der Waals surface area contributed by atoms with Crippen LogP contribution < -0.4 is 16.8 Å². The van der Waals surface area contributed by atoms with Crippen LogP contribution in [0.1, 0.15) is 10.4 Å². The molecule has 0 amide bonds. The highest BCUT2D eigenvalue weighted by Crippen LogP contribution is 2.05. The molecule has 0 fully saturated rings. The van der Waals surface area contributed by atoms with E-state index in [9.17, 15) is 4.79 Å². The van der Waals surface area contributed by atoms with Gasteiger partial charge in [-0.2, -0.15) is 0 Å². The molecule has 0 saturated heterocycles. The molecule has 1 aromatic carbocycles. The fraction of sp³-hybridized carbons (Fsp3) is 0.111. The van der Waals surface area contributed by atoms with E-state index in [0.29, 0.717) is 11.3 Å². The summed E-state index contributed by atoms with van der Waals surface area (Å²) in [5.74, 6) is -0.0715. The van der Waals surface area contributed by atoms with Crippen LogP contribution in [-0.2, 0) is 0 Å². The molecule has 0 aliphatic carbocycles. The summed E-state index contributed by atoms with van der Waals surface area (Å²) in [4.78, 5) is 11.4. The number of ketones is 1. The van der Waals surface area contributed by atoms with Crippen LogP contribution in [-0.4, -0.2) is 17.4 Å². The third-order valence-electron chi connectivity index (χ3n) is 1.66. The van der Waals surface area contributed by atoms with E-state index in [1.165, 1.54) is 0 Å². The highest BCUT2D eigenvalue weighted by Gasteiger charge is 2.04. The van der Waals surface area contributed by atoms with Crippen molar-refractivity contribution in [3.8, 4) is 0 Å². The average molecular weight is 209 g/mol. The van der Waals surface area contributed by atoms with Crippen LogP contribution in [0.25, 0.3) is 0 Å². The minimum Gasteiger partial charge on any atom is -0.399 e. The SMILES string of the molecule is NC(=S)NCC(=O)c1ccc(N)cc1. The summed E-state index contributed by atoms with van der Waals surface area (Å²) < 4.78 is 0. The average Bonchev–Trinajstić information content (AvgIpc) is 2.15. The fourth-order valence-corrected chi connectivity index (χ4v) is 1.01. The number of thiocarbonyl (C=S) groups is 1. The number of nitrogens with one attached hydrogen (secondary N) is 1. The number of hydrogen-bond donors (Lipinski definition) is 3. The smallest absolute Gasteiger partial charge is 0.181 e. The van der Waals surface area contributed by atoms with Crippen molar-refractivity contribution >= 4 is 28.8 Å². The summed E-state index contributed by atoms with van der Waals surface area (Å²) in [5, 5.41) is 2.71. The van der Waals surface area contributed by atoms with Gasteiger partial charge in [-0.1, -0.05) is 0 Å². The van der Waals surface area contributed by atoms with E-state index in [1.54, 1.807) is 24.3 Å². The first kappa shape index (κ1) is 10.5. The minimum atomic E-state index is -0.0715. The Labute approximate surface area is 87.3 Å². The van der Waals surface area contributed by atoms with Crippen LogP contribution in [0, 0.1) is 0 Å². The topological polar surface area (TPSA) is 81.1 Å². The van der Waals surface area contributed by atoms with Gasteiger partial charge in [-0.15, -0.1) is 0 Å². The number of nitrogen functional groups attached to an aromatic ring is 1. The minimum absolute atomic E-state index is 0.0715. The summed E-state index contributed by atoms with van der Waals surface area (Å²) in [6, 6.07) is 6.68. The number of hydrogen-bond acceptors (Lipinski definition) is 3. The van der Waals surface area contributed by atoms with Crippen LogP contribution >= 0.6 is 12.2 Å². The van der Waals surface area contributed by atoms with Gasteiger partial charge in [0.25, 0.3) is 0 Å². The maximum Gasteiger partial charge on any atom is 0.181 e. The highest BCUT2D eigenvalue weighted by atomic mass is 32.1. The summed E-state index contributed by atoms with van der Waals surface area (Å²) in [6.45, 7) is 0.110. The molecule has 5 N–H and O–H groups in total. The maximum absolute atomic E-state index is 11.4. The lowest BCUT2D eigenvalue weighted by atomic mass is 10.1. The van der Waals surface area contributed by atoms with E-state index in [0.717, 1.165) is 0 Å². The molecule has 0 atom stereocenters. The molecular formula is C9H11N3OS. The number of Topliss-reactive ketones (excluding diaryl/α,β-unsaturated/α-hetero) is 1. The molecule has 0 aliphatic heterocycles. The second-order valence-corrected chi connectivity index (χ2v) is 3.20. The standard InChI is InChI=1S/C9H11N3OS/c10-7-3-1-6(2-4-7)8(13)5-12-9(11)14/h1-4H,5,10H2,(H3,11,12,14). The van der Waals surface area contributed by atoms with Crippen molar-refractivity contribution < 1.29 is 4.79 Å². The van der Waals surface area contributed by atoms with Crippen molar-refractivity contribution in [2.75, 3.05) is 12.3 Å². The van der Waals surface area contributed by atoms with Crippen molar-refractivity contribution in [3.63, 3.8) is 0 Å². The summed E-state index contributed by atoms with van der Waals surface area (Å²) in [7, 11) is 0. The number of carbonyl (C=O) groups excluding carboxylic acids is 1. The van der Waals surface area contributed by atoms with Gasteiger partial charge >= 0.3 is 0 Å². The molecular weight excluding hydrogens is 198 g/mol. The second kappa shape index (κ2) is 4.57. The van der Waals surface area contributed by atoms with Crippen molar-refractivity contribution in [2.45, 2.75) is 0 Å². The Kier molecular flexibility index (Phi) is 3.41. The number of nitrogens with two attached hydrogens (primary N) is 2. The van der Waals surface area contributed by atoms with Crippen LogP contribution in [0.4, 0.5) is 5.69 Å². The Morgan fingerprint density at radius 2 is 1.93 bits per heavy atom. The van der Waals surface area contributed by atoms with E-state index in [-0.39, 0.29) is 17.4 Å². The van der Waals surface area contributed by atoms with Gasteiger partial charge in [0.15, 0.2) is 10.9 Å². The Morgan fingerprint density at radius 3 is 2.43 bits per heavy atom. The molecule has 4 nitrogen and oxygen atoms in total. The Balaban J connectivity index is 2.61. The van der Waals surface area contributed by atoms with Gasteiger partial charge < -0.3 is 16.8 Å². The Bertz CT molecular complexity index is 348. The molecule has 5 heteroatoms. The lowest BCUT2D eigenvalue weighted by Gasteiger charge is -2.03. The van der Waals surface area contributed by atoms with Gasteiger partial charge in [0.1, 0.15) is 0 Å². The van der Waals surface area contributed by atoms with Gasteiger partial charge in [0.05, 0.1) is 6.54 Å². The molecule has 0 aromatic heterocycles. The third-order valence-corrected chi connectivity index (χ3v) is 1.80. The van der Waals surface area contributed by atoms with Gasteiger partial charge in [-0.3, -0.25) is 4.79 Å². The molecule has 0 aliphatic rings. The predicted octanol–water partition coefficient (Wildman–Crippen LogP) is 0.285. The van der Waals surface area contributed by atoms with Crippen LogP contribution in [0.15, 0.2) is 24.3 Å². The number of rotatable bonds is 3. The first-order valence-corrected chi connectivity index (χ1v) is 4.42. The van der Waals surface area contributed by atoms with Gasteiger partial charge in [0, 0.05) is 11.3 Å². The van der Waals surface area contributed by atoms with Crippen molar-refractivity contribution in [3.05, 3.63) is 29.8 Å². The van der Waals surface area contributed by atoms with E-state index in [4.69, 9.17) is 11.5 Å². The summed E-state index contributed by atoms with van der Waals surface area (Å²) in [6.07, 6.45) is 0. The zero-order valence-electron chi connectivity index (χ0n) is 7.49. The van der Waals surface area contributed by atoms with Crippen molar-refractivity contribution in [2.24, 2.45) is 5.73 Å². The Hall–Kier alpha value is -1.62. The van der Waals surface area contributed by atoms with Gasteiger partial charge in [0.2, 0.25) is 0 Å². The highest BCUT2D eigenvalue weighted by molar-refractivity contribution is 7.80. The van der Waals surface area contributed by atoms with Crippen LogP contribution in [0.3, 0.4) is 0 Å². The van der Waals surface area contributed by atoms with Gasteiger partial charge in [-0.25, -0.2) is 0 Å². The van der Waals surface area contributed by atoms with E-state index in [2.05, 4.69) is 17.5 Å². The normalized spacial score (nSPS) is 9.43. The van der Waals surface area contributed by atoms with Crippen molar-refractivity contribution in [1.29, 1.82) is 0 Å². The molecule has 0 spiro atoms. The lowest BCUT2D eigenvalue weighted by Crippen LogP contribution is -2.33. The Morgan fingerprint density at radius 1 is 1.36 bits per heavy atom. The predicted molar refractivity (Wildman–Crippen MR) is 60.0 cm³/mol. The zero-order chi connectivity index (χ0) is 10.6. The molecule has 0 saturated carbocycles. The van der Waals surface area contributed by atoms with Crippen LogP contribution in [0.5, 0.6) is 0 Å². The monoisotopic (exact) mass is 209 g/mol. The molecule has 14 heavy (non-hydrogen) atoms. The van der Waals surface area contributed by atoms with Gasteiger partial charge in [-0.05, 0) is 36.5 Å². The molecule has 0 radical (unpaired) electrons. The molecule has 0 unspecified atom stereocenters. The number of carbonyl (C=O) groups is 1. The van der Waals surface area contributed by atoms with Crippen molar-refractivity contribution in [1.82, 2.24) is 5.32 Å². The fourth-order valence-electron chi connectivity index (χ4n) is 0.938. The molecule has 0 heterocycles. The quantitative estimate of drug-likeness (QED) is 0.378. The first-order chi connectivity index (χ1) is 6.59. The lowest BCUT2D eigenvalue weighted by molar-refractivity contribution is 0.0996. The number of anilines is 1. The number of benzene rings is 1. The largest absolute Gasteiger partial charge is 0.399 e. The molecule has 1 rings (SSSR count). The molecule has 1 aromatic rings. The van der Waals surface area contributed by atoms with E-state index >= 15 is 0 Å². The molecule has 74 valence electrons. The zero-order valence-corrected chi connectivity index (χ0v) is 8.30. The molecule has 0 bridgehead atoms.